The van der Waals surface area contributed by atoms with Crippen LogP contribution in [0.4, 0.5) is 0 Å². The summed E-state index contributed by atoms with van der Waals surface area (Å²) >= 11 is 1.70. The van der Waals surface area contributed by atoms with Crippen molar-refractivity contribution in [3.8, 4) is 11.5 Å². The lowest BCUT2D eigenvalue weighted by Gasteiger charge is -2.39. The van der Waals surface area contributed by atoms with Crippen molar-refractivity contribution in [2.45, 2.75) is 60.3 Å². The van der Waals surface area contributed by atoms with Crippen LogP contribution in [0.3, 0.4) is 0 Å². The maximum atomic E-state index is 13.4. The normalized spacial score (nSPS) is 19.1. The van der Waals surface area contributed by atoms with Crippen LogP contribution in [0.2, 0.25) is 0 Å². The lowest BCUT2D eigenvalue weighted by atomic mass is 9.68. The molecule has 0 saturated heterocycles. The van der Waals surface area contributed by atoms with Crippen molar-refractivity contribution >= 4 is 29.5 Å². The summed E-state index contributed by atoms with van der Waals surface area (Å²) in [6, 6.07) is 5.18. The molecule has 1 aromatic carbocycles. The molecule has 0 amide bonds. The molecule has 1 atom stereocenters. The van der Waals surface area contributed by atoms with Crippen molar-refractivity contribution in [2.24, 2.45) is 5.41 Å². The first kappa shape index (κ1) is 26.9. The number of benzene rings is 1. The maximum Gasteiger partial charge on any atom is 0.336 e. The number of carbonyl (C=O) groups excluding carboxylic acids is 3. The molecule has 3 rings (SSSR count). The molecule has 1 aliphatic heterocycles. The number of thioether (sulfide) groups is 1. The largest absolute Gasteiger partial charge is 0.490 e. The van der Waals surface area contributed by atoms with Gasteiger partial charge in [-0.1, -0.05) is 26.8 Å². The van der Waals surface area contributed by atoms with Crippen LogP contribution in [-0.2, 0) is 19.1 Å². The Labute approximate surface area is 211 Å². The number of allylic oxidation sites excluding steroid dienone is 3. The number of nitrogens with one attached hydrogen (secondary N) is 1. The van der Waals surface area contributed by atoms with E-state index in [0.717, 1.165) is 11.4 Å². The van der Waals surface area contributed by atoms with Gasteiger partial charge in [-0.25, -0.2) is 4.79 Å². The average Bonchev–Trinajstić information content (AvgIpc) is 2.75. The lowest BCUT2D eigenvalue weighted by Crippen LogP contribution is -2.38. The second kappa shape index (κ2) is 11.3. The Morgan fingerprint density at radius 2 is 1.91 bits per heavy atom. The van der Waals surface area contributed by atoms with Gasteiger partial charge in [-0.15, -0.1) is 0 Å². The predicted molar refractivity (Wildman–Crippen MR) is 137 cm³/mol. The van der Waals surface area contributed by atoms with E-state index in [1.165, 1.54) is 6.92 Å². The Morgan fingerprint density at radius 3 is 2.57 bits per heavy atom. The molecule has 0 saturated carbocycles. The summed E-state index contributed by atoms with van der Waals surface area (Å²) in [5.41, 5.74) is 3.05. The van der Waals surface area contributed by atoms with Gasteiger partial charge in [0.25, 0.3) is 0 Å². The molecule has 1 aliphatic carbocycles. The summed E-state index contributed by atoms with van der Waals surface area (Å²) < 4.78 is 16.7. The van der Waals surface area contributed by atoms with Crippen molar-refractivity contribution in [3.63, 3.8) is 0 Å². The Kier molecular flexibility index (Phi) is 8.70. The van der Waals surface area contributed by atoms with Gasteiger partial charge in [-0.05, 0) is 49.1 Å². The van der Waals surface area contributed by atoms with Crippen LogP contribution in [0.5, 0.6) is 11.5 Å². The molecule has 35 heavy (non-hydrogen) atoms. The highest BCUT2D eigenvalue weighted by molar-refractivity contribution is 7.99. The fourth-order valence-electron chi connectivity index (χ4n) is 4.67. The SMILES string of the molecule is CCOc1cc([C@H]2C(C(=O)OCCSCC)=C(C)NC3=C2C(=O)CC(C)(C)C3)ccc1OC(C)=O. The Balaban J connectivity index is 2.10. The molecule has 1 heterocycles. The van der Waals surface area contributed by atoms with Crippen LogP contribution in [0.1, 0.15) is 65.9 Å². The minimum absolute atomic E-state index is 0.00936. The molecule has 7 nitrogen and oxygen atoms in total. The van der Waals surface area contributed by atoms with Gasteiger partial charge >= 0.3 is 11.9 Å². The molecule has 0 bridgehead atoms. The third kappa shape index (κ3) is 6.28. The molecular formula is C27H35NO6S. The van der Waals surface area contributed by atoms with E-state index in [9.17, 15) is 14.4 Å². The molecule has 0 unspecified atom stereocenters. The zero-order valence-corrected chi connectivity index (χ0v) is 22.2. The van der Waals surface area contributed by atoms with E-state index in [2.05, 4.69) is 26.1 Å². The van der Waals surface area contributed by atoms with Crippen LogP contribution in [0.25, 0.3) is 0 Å². The summed E-state index contributed by atoms with van der Waals surface area (Å²) in [6.07, 6.45) is 1.09. The van der Waals surface area contributed by atoms with Crippen molar-refractivity contribution in [1.82, 2.24) is 5.32 Å². The summed E-state index contributed by atoms with van der Waals surface area (Å²) in [7, 11) is 0. The number of ether oxygens (including phenoxy) is 3. The highest BCUT2D eigenvalue weighted by Gasteiger charge is 2.43. The fourth-order valence-corrected chi connectivity index (χ4v) is 5.16. The fraction of sp³-hybridized carbons (Fsp3) is 0.519. The zero-order chi connectivity index (χ0) is 25.8. The van der Waals surface area contributed by atoms with Gasteiger partial charge in [0.15, 0.2) is 17.3 Å². The summed E-state index contributed by atoms with van der Waals surface area (Å²) in [4.78, 5) is 38.3. The van der Waals surface area contributed by atoms with Crippen molar-refractivity contribution in [1.29, 1.82) is 0 Å². The Morgan fingerprint density at radius 1 is 1.17 bits per heavy atom. The second-order valence-electron chi connectivity index (χ2n) is 9.50. The monoisotopic (exact) mass is 501 g/mol. The number of carbonyl (C=O) groups is 3. The maximum absolute atomic E-state index is 13.4. The minimum atomic E-state index is -0.605. The quantitative estimate of drug-likeness (QED) is 0.290. The van der Waals surface area contributed by atoms with E-state index in [0.29, 0.717) is 65.7 Å². The van der Waals surface area contributed by atoms with Gasteiger partial charge in [0, 0.05) is 42.0 Å². The molecule has 0 spiro atoms. The predicted octanol–water partition coefficient (Wildman–Crippen LogP) is 4.91. The number of esters is 2. The number of ketones is 1. The van der Waals surface area contributed by atoms with Crippen LogP contribution < -0.4 is 14.8 Å². The highest BCUT2D eigenvalue weighted by Crippen LogP contribution is 2.48. The summed E-state index contributed by atoms with van der Waals surface area (Å²) in [6.45, 7) is 11.9. The van der Waals surface area contributed by atoms with Gasteiger partial charge in [-0.2, -0.15) is 11.8 Å². The first-order valence-corrected chi connectivity index (χ1v) is 13.2. The Hall–Kier alpha value is -2.74. The zero-order valence-electron chi connectivity index (χ0n) is 21.4. The van der Waals surface area contributed by atoms with Crippen LogP contribution in [0, 0.1) is 5.41 Å². The van der Waals surface area contributed by atoms with Gasteiger partial charge in [-0.3, -0.25) is 9.59 Å². The molecule has 1 aromatic rings. The first-order chi connectivity index (χ1) is 16.6. The second-order valence-corrected chi connectivity index (χ2v) is 10.9. The number of hydrogen-bond donors (Lipinski definition) is 1. The van der Waals surface area contributed by atoms with E-state index >= 15 is 0 Å². The van der Waals surface area contributed by atoms with Crippen molar-refractivity contribution in [3.05, 3.63) is 46.3 Å². The van der Waals surface area contributed by atoms with Crippen LogP contribution in [0.15, 0.2) is 40.7 Å². The summed E-state index contributed by atoms with van der Waals surface area (Å²) in [5, 5.41) is 3.35. The smallest absolute Gasteiger partial charge is 0.336 e. The topological polar surface area (TPSA) is 90.9 Å². The van der Waals surface area contributed by atoms with Gasteiger partial charge < -0.3 is 19.5 Å². The number of dihydropyridines is 1. The third-order valence-corrected chi connectivity index (χ3v) is 6.84. The minimum Gasteiger partial charge on any atom is -0.490 e. The van der Waals surface area contributed by atoms with E-state index in [1.54, 1.807) is 30.0 Å². The molecule has 0 aromatic heterocycles. The van der Waals surface area contributed by atoms with Gasteiger partial charge in [0.05, 0.1) is 12.2 Å². The standard InChI is InChI=1S/C27H35NO6S/c1-7-32-22-13-18(9-10-21(22)34-17(4)29)24-23(26(31)33-11-12-35-8-2)16(3)28-19-14-27(5,6)15-20(30)25(19)24/h9-10,13,24,28H,7-8,11-12,14-15H2,1-6H3/t24-/m0/s1. The molecule has 1 N–H and O–H groups in total. The van der Waals surface area contributed by atoms with Crippen LogP contribution in [-0.4, -0.2) is 42.4 Å². The van der Waals surface area contributed by atoms with Crippen LogP contribution >= 0.6 is 11.8 Å². The lowest BCUT2D eigenvalue weighted by molar-refractivity contribution is -0.138. The molecule has 2 aliphatic rings. The van der Waals surface area contributed by atoms with Crippen molar-refractivity contribution < 1.29 is 28.6 Å². The van der Waals surface area contributed by atoms with Crippen molar-refractivity contribution in [2.75, 3.05) is 24.7 Å². The third-order valence-electron chi connectivity index (χ3n) is 5.98. The molecule has 0 radical (unpaired) electrons. The first-order valence-electron chi connectivity index (χ1n) is 12.0. The highest BCUT2D eigenvalue weighted by atomic mass is 32.2. The molecule has 8 heteroatoms. The molecule has 190 valence electrons. The average molecular weight is 502 g/mol. The Bertz CT molecular complexity index is 1070. The van der Waals surface area contributed by atoms with E-state index in [4.69, 9.17) is 14.2 Å². The molecule has 0 fully saturated rings. The van der Waals surface area contributed by atoms with E-state index < -0.39 is 17.9 Å². The van der Waals surface area contributed by atoms with Gasteiger partial charge in [0.1, 0.15) is 6.61 Å². The number of rotatable bonds is 9. The van der Waals surface area contributed by atoms with E-state index in [-0.39, 0.29) is 11.2 Å². The van der Waals surface area contributed by atoms with Gasteiger partial charge in [0.2, 0.25) is 0 Å². The van der Waals surface area contributed by atoms with E-state index in [1.807, 2.05) is 13.8 Å². The number of Topliss-reactive ketones (excluding diaryl/α,β-unsaturated/α-hetero) is 1. The molecular weight excluding hydrogens is 466 g/mol. The number of hydrogen-bond acceptors (Lipinski definition) is 8. The summed E-state index contributed by atoms with van der Waals surface area (Å²) in [5.74, 6) is 0.834.